The highest BCUT2D eigenvalue weighted by molar-refractivity contribution is 5.76. The van der Waals surface area contributed by atoms with Gasteiger partial charge in [-0.05, 0) is 36.2 Å². The molecule has 0 spiro atoms. The first kappa shape index (κ1) is 16.1. The molecule has 0 atom stereocenters. The van der Waals surface area contributed by atoms with E-state index in [1.165, 1.54) is 0 Å². The van der Waals surface area contributed by atoms with Gasteiger partial charge in [-0.3, -0.25) is 4.79 Å². The van der Waals surface area contributed by atoms with Crippen molar-refractivity contribution in [1.29, 1.82) is 0 Å². The third-order valence-electron chi connectivity index (χ3n) is 3.64. The summed E-state index contributed by atoms with van der Waals surface area (Å²) in [6.07, 6.45) is 1.10. The Morgan fingerprint density at radius 2 is 2.04 bits per heavy atom. The van der Waals surface area contributed by atoms with Crippen molar-refractivity contribution in [3.05, 3.63) is 60.0 Å². The third kappa shape index (κ3) is 4.35. The van der Waals surface area contributed by atoms with Crippen LogP contribution in [0.25, 0.3) is 11.1 Å². The number of para-hydroxylation sites is 1. The number of carbonyl (C=O) groups is 1. The number of nitrogens with zero attached hydrogens (tertiary/aromatic N) is 1. The maximum Gasteiger partial charge on any atom is 0.223 e. The number of ether oxygens (including phenoxy) is 1. The van der Waals surface area contributed by atoms with Crippen molar-refractivity contribution < 1.29 is 13.9 Å². The molecule has 0 fully saturated rings. The minimum Gasteiger partial charge on any atom is -0.493 e. The van der Waals surface area contributed by atoms with E-state index >= 15 is 0 Å². The smallest absolute Gasteiger partial charge is 0.223 e. The van der Waals surface area contributed by atoms with Crippen LogP contribution in [0.4, 0.5) is 0 Å². The Morgan fingerprint density at radius 3 is 2.88 bits per heavy atom. The summed E-state index contributed by atoms with van der Waals surface area (Å²) >= 11 is 0. The SMILES string of the molecule is Cc1nc2cc(CCNC(=O)CCOc3ccccc3)ccc2o1. The fourth-order valence-corrected chi connectivity index (χ4v) is 2.46. The molecule has 1 N–H and O–H groups in total. The molecule has 0 aliphatic heterocycles. The zero-order valence-corrected chi connectivity index (χ0v) is 13.6. The summed E-state index contributed by atoms with van der Waals surface area (Å²) in [6, 6.07) is 15.4. The van der Waals surface area contributed by atoms with Gasteiger partial charge in [-0.2, -0.15) is 0 Å². The normalized spacial score (nSPS) is 10.7. The number of benzene rings is 2. The molecule has 1 heterocycles. The molecule has 0 saturated carbocycles. The second-order valence-electron chi connectivity index (χ2n) is 5.55. The van der Waals surface area contributed by atoms with Crippen molar-refractivity contribution >= 4 is 17.0 Å². The summed E-state index contributed by atoms with van der Waals surface area (Å²) < 4.78 is 11.0. The van der Waals surface area contributed by atoms with Crippen molar-refractivity contribution in [1.82, 2.24) is 10.3 Å². The second-order valence-corrected chi connectivity index (χ2v) is 5.55. The van der Waals surface area contributed by atoms with Crippen LogP contribution in [0.1, 0.15) is 17.9 Å². The first-order valence-corrected chi connectivity index (χ1v) is 8.01. The summed E-state index contributed by atoms with van der Waals surface area (Å²) in [4.78, 5) is 16.1. The van der Waals surface area contributed by atoms with Crippen LogP contribution < -0.4 is 10.1 Å². The van der Waals surface area contributed by atoms with E-state index in [0.29, 0.717) is 25.5 Å². The molecule has 124 valence electrons. The number of hydrogen-bond donors (Lipinski definition) is 1. The van der Waals surface area contributed by atoms with Gasteiger partial charge in [0, 0.05) is 13.5 Å². The van der Waals surface area contributed by atoms with E-state index in [2.05, 4.69) is 10.3 Å². The Hall–Kier alpha value is -2.82. The first-order valence-electron chi connectivity index (χ1n) is 8.01. The Balaban J connectivity index is 1.39. The summed E-state index contributed by atoms with van der Waals surface area (Å²) in [7, 11) is 0. The number of nitrogens with one attached hydrogen (secondary N) is 1. The highest BCUT2D eigenvalue weighted by atomic mass is 16.5. The molecule has 24 heavy (non-hydrogen) atoms. The number of oxazole rings is 1. The predicted octanol–water partition coefficient (Wildman–Crippen LogP) is 3.26. The van der Waals surface area contributed by atoms with E-state index in [-0.39, 0.29) is 5.91 Å². The Labute approximate surface area is 140 Å². The quantitative estimate of drug-likeness (QED) is 0.724. The van der Waals surface area contributed by atoms with Crippen molar-refractivity contribution in [2.45, 2.75) is 19.8 Å². The third-order valence-corrected chi connectivity index (χ3v) is 3.64. The molecule has 0 aliphatic rings. The first-order chi connectivity index (χ1) is 11.7. The molecule has 3 aromatic rings. The lowest BCUT2D eigenvalue weighted by molar-refractivity contribution is -0.121. The van der Waals surface area contributed by atoms with E-state index in [9.17, 15) is 4.79 Å². The minimum atomic E-state index is -0.00992. The lowest BCUT2D eigenvalue weighted by Gasteiger charge is -2.07. The molecule has 3 rings (SSSR count). The van der Waals surface area contributed by atoms with Gasteiger partial charge in [0.1, 0.15) is 11.3 Å². The number of carbonyl (C=O) groups excluding carboxylic acids is 1. The summed E-state index contributed by atoms with van der Waals surface area (Å²) in [5.74, 6) is 1.43. The highest BCUT2D eigenvalue weighted by Gasteiger charge is 2.05. The topological polar surface area (TPSA) is 64.4 Å². The molecule has 1 amide bonds. The van der Waals surface area contributed by atoms with Crippen molar-refractivity contribution in [2.75, 3.05) is 13.2 Å². The van der Waals surface area contributed by atoms with E-state index in [4.69, 9.17) is 9.15 Å². The van der Waals surface area contributed by atoms with Gasteiger partial charge >= 0.3 is 0 Å². The predicted molar refractivity (Wildman–Crippen MR) is 92.0 cm³/mol. The van der Waals surface area contributed by atoms with E-state index < -0.39 is 0 Å². The number of rotatable bonds is 7. The van der Waals surface area contributed by atoms with Crippen molar-refractivity contribution in [3.63, 3.8) is 0 Å². The number of aryl methyl sites for hydroxylation is 1. The fraction of sp³-hybridized carbons (Fsp3) is 0.263. The molecule has 1 aromatic heterocycles. The second kappa shape index (κ2) is 7.64. The van der Waals surface area contributed by atoms with Gasteiger partial charge in [0.2, 0.25) is 5.91 Å². The number of hydrogen-bond acceptors (Lipinski definition) is 4. The minimum absolute atomic E-state index is 0.00992. The van der Waals surface area contributed by atoms with Crippen LogP contribution in [-0.4, -0.2) is 24.0 Å². The largest absolute Gasteiger partial charge is 0.493 e. The Bertz CT molecular complexity index is 812. The fourth-order valence-electron chi connectivity index (χ4n) is 2.46. The van der Waals surface area contributed by atoms with Gasteiger partial charge < -0.3 is 14.5 Å². The maximum absolute atomic E-state index is 11.8. The maximum atomic E-state index is 11.8. The molecule has 0 unspecified atom stereocenters. The van der Waals surface area contributed by atoms with Crippen LogP contribution in [0.2, 0.25) is 0 Å². The van der Waals surface area contributed by atoms with Crippen LogP contribution in [0.5, 0.6) is 5.75 Å². The van der Waals surface area contributed by atoms with Gasteiger partial charge in [0.05, 0.1) is 13.0 Å². The van der Waals surface area contributed by atoms with Crippen LogP contribution in [0.3, 0.4) is 0 Å². The van der Waals surface area contributed by atoms with Gasteiger partial charge in [0.15, 0.2) is 11.5 Å². The standard InChI is InChI=1S/C19H20N2O3/c1-14-21-17-13-15(7-8-18(17)24-14)9-11-20-19(22)10-12-23-16-5-3-2-4-6-16/h2-8,13H,9-12H2,1H3,(H,20,22). The van der Waals surface area contributed by atoms with Crippen LogP contribution in [0.15, 0.2) is 52.9 Å². The molecule has 0 aliphatic carbocycles. The molecular weight excluding hydrogens is 304 g/mol. The van der Waals surface area contributed by atoms with Crippen LogP contribution in [0, 0.1) is 6.92 Å². The lowest BCUT2D eigenvalue weighted by Crippen LogP contribution is -2.27. The van der Waals surface area contributed by atoms with Crippen LogP contribution in [-0.2, 0) is 11.2 Å². The summed E-state index contributed by atoms with van der Waals surface area (Å²) in [5.41, 5.74) is 2.77. The molecular formula is C19H20N2O3. The zero-order chi connectivity index (χ0) is 16.8. The average Bonchev–Trinajstić information content (AvgIpc) is 2.95. The molecule has 0 saturated heterocycles. The van der Waals surface area contributed by atoms with E-state index in [1.54, 1.807) is 0 Å². The van der Waals surface area contributed by atoms with E-state index in [1.807, 2.05) is 55.5 Å². The van der Waals surface area contributed by atoms with Gasteiger partial charge in [-0.25, -0.2) is 4.98 Å². The summed E-state index contributed by atoms with van der Waals surface area (Å²) in [5, 5.41) is 2.91. The van der Waals surface area contributed by atoms with Gasteiger partial charge in [-0.15, -0.1) is 0 Å². The number of aromatic nitrogens is 1. The molecule has 0 radical (unpaired) electrons. The monoisotopic (exact) mass is 324 g/mol. The molecule has 2 aromatic carbocycles. The van der Waals surface area contributed by atoms with Gasteiger partial charge in [0.25, 0.3) is 0 Å². The molecule has 5 nitrogen and oxygen atoms in total. The number of amides is 1. The van der Waals surface area contributed by atoms with Crippen LogP contribution >= 0.6 is 0 Å². The van der Waals surface area contributed by atoms with Crippen molar-refractivity contribution in [2.24, 2.45) is 0 Å². The van der Waals surface area contributed by atoms with E-state index in [0.717, 1.165) is 28.8 Å². The van der Waals surface area contributed by atoms with Crippen molar-refractivity contribution in [3.8, 4) is 5.75 Å². The molecule has 0 bridgehead atoms. The zero-order valence-electron chi connectivity index (χ0n) is 13.6. The van der Waals surface area contributed by atoms with Gasteiger partial charge in [-0.1, -0.05) is 24.3 Å². The Morgan fingerprint density at radius 1 is 1.21 bits per heavy atom. The molecule has 5 heteroatoms. The average molecular weight is 324 g/mol. The Kier molecular flexibility index (Phi) is 5.11. The highest BCUT2D eigenvalue weighted by Crippen LogP contribution is 2.16. The summed E-state index contributed by atoms with van der Waals surface area (Å²) in [6.45, 7) is 2.80. The number of fused-ring (bicyclic) bond motifs is 1. The lowest BCUT2D eigenvalue weighted by atomic mass is 10.1.